The van der Waals surface area contributed by atoms with Crippen LogP contribution in [0, 0.1) is 0 Å². The fourth-order valence-corrected chi connectivity index (χ4v) is 3.68. The Morgan fingerprint density at radius 3 is 1.52 bits per heavy atom. The third kappa shape index (κ3) is 21.9. The molecule has 0 aliphatic heterocycles. The van der Waals surface area contributed by atoms with E-state index in [-0.39, 0.29) is 17.9 Å². The summed E-state index contributed by atoms with van der Waals surface area (Å²) in [5, 5.41) is 15.8. The quantitative estimate of drug-likeness (QED) is 0.217. The summed E-state index contributed by atoms with van der Waals surface area (Å²) in [6.45, 7) is 9.85. The van der Waals surface area contributed by atoms with Crippen LogP contribution in [0.3, 0.4) is 0 Å². The second-order valence-electron chi connectivity index (χ2n) is 8.89. The highest BCUT2D eigenvalue weighted by Crippen LogP contribution is 2.05. The zero-order valence-corrected chi connectivity index (χ0v) is 20.7. The van der Waals surface area contributed by atoms with Crippen LogP contribution in [0.4, 0.5) is 0 Å². The van der Waals surface area contributed by atoms with Crippen molar-refractivity contribution in [1.29, 1.82) is 0 Å². The molecule has 2 amide bonds. The van der Waals surface area contributed by atoms with Crippen molar-refractivity contribution >= 4 is 11.8 Å². The number of hydrogen-bond donors (Lipinski definition) is 3. The topological polar surface area (TPSA) is 81.7 Å². The lowest BCUT2D eigenvalue weighted by Gasteiger charge is -2.23. The molecule has 0 aromatic heterocycles. The number of amides is 2. The number of carbonyl (C=O) groups is 2. The van der Waals surface area contributed by atoms with Gasteiger partial charge >= 0.3 is 0 Å². The van der Waals surface area contributed by atoms with Gasteiger partial charge in [0.2, 0.25) is 11.8 Å². The molecule has 0 saturated carbocycles. The fourth-order valence-electron chi connectivity index (χ4n) is 3.68. The highest BCUT2D eigenvalue weighted by Gasteiger charge is 2.09. The summed E-state index contributed by atoms with van der Waals surface area (Å²) in [5.74, 6) is 0.298. The van der Waals surface area contributed by atoms with Gasteiger partial charge in [0.05, 0.1) is 6.10 Å². The first kappa shape index (κ1) is 29.9. The Morgan fingerprint density at radius 1 is 0.710 bits per heavy atom. The average Bonchev–Trinajstić information content (AvgIpc) is 2.73. The molecule has 0 aliphatic carbocycles. The SMILES string of the molecule is CCCCCCCC(=O)NCCCN(CCCNC(=O)CCCCCCC)CC(C)O. The Morgan fingerprint density at radius 2 is 1.13 bits per heavy atom. The van der Waals surface area contributed by atoms with Gasteiger partial charge < -0.3 is 20.6 Å². The van der Waals surface area contributed by atoms with Crippen molar-refractivity contribution in [3.05, 3.63) is 0 Å². The van der Waals surface area contributed by atoms with Crippen LogP contribution in [0.5, 0.6) is 0 Å². The first-order valence-corrected chi connectivity index (χ1v) is 12.9. The molecule has 0 fully saturated rings. The summed E-state index contributed by atoms with van der Waals surface area (Å²) in [5.41, 5.74) is 0. The summed E-state index contributed by atoms with van der Waals surface area (Å²) >= 11 is 0. The molecule has 0 heterocycles. The highest BCUT2D eigenvalue weighted by atomic mass is 16.3. The van der Waals surface area contributed by atoms with Gasteiger partial charge in [0.1, 0.15) is 0 Å². The second kappa shape index (κ2) is 22.1. The van der Waals surface area contributed by atoms with E-state index in [0.29, 0.717) is 32.5 Å². The molecule has 3 N–H and O–H groups in total. The van der Waals surface area contributed by atoms with Crippen molar-refractivity contribution in [2.75, 3.05) is 32.7 Å². The number of aliphatic hydroxyl groups is 1. The lowest BCUT2D eigenvalue weighted by molar-refractivity contribution is -0.122. The van der Waals surface area contributed by atoms with Crippen LogP contribution in [-0.4, -0.2) is 60.6 Å². The highest BCUT2D eigenvalue weighted by molar-refractivity contribution is 5.76. The molecule has 6 heteroatoms. The van der Waals surface area contributed by atoms with E-state index in [4.69, 9.17) is 0 Å². The molecule has 31 heavy (non-hydrogen) atoms. The maximum atomic E-state index is 11.9. The molecule has 0 saturated heterocycles. The number of unbranched alkanes of at least 4 members (excludes halogenated alkanes) is 8. The lowest BCUT2D eigenvalue weighted by Crippen LogP contribution is -2.36. The number of aliphatic hydroxyl groups excluding tert-OH is 1. The number of carbonyl (C=O) groups excluding carboxylic acids is 2. The number of nitrogens with one attached hydrogen (secondary N) is 2. The maximum Gasteiger partial charge on any atom is 0.219 e. The number of nitrogens with zero attached hydrogens (tertiary/aromatic N) is 1. The summed E-state index contributed by atoms with van der Waals surface area (Å²) in [6, 6.07) is 0. The molecule has 0 aromatic rings. The van der Waals surface area contributed by atoms with Gasteiger partial charge in [-0.05, 0) is 45.7 Å². The van der Waals surface area contributed by atoms with E-state index in [0.717, 1.165) is 51.6 Å². The van der Waals surface area contributed by atoms with Crippen LogP contribution in [0.25, 0.3) is 0 Å². The van der Waals surface area contributed by atoms with E-state index in [1.165, 1.54) is 38.5 Å². The van der Waals surface area contributed by atoms with Crippen LogP contribution in [-0.2, 0) is 9.59 Å². The standard InChI is InChI=1S/C25H51N3O3/c1-4-6-8-10-12-16-24(30)26-18-14-20-28(22-23(3)29)21-15-19-27-25(31)17-13-11-9-7-5-2/h23,29H,4-22H2,1-3H3,(H,26,30)(H,27,31). The van der Waals surface area contributed by atoms with Gasteiger partial charge in [-0.1, -0.05) is 65.2 Å². The molecule has 1 unspecified atom stereocenters. The first-order chi connectivity index (χ1) is 15.0. The third-order valence-corrected chi connectivity index (χ3v) is 5.48. The zero-order chi connectivity index (χ0) is 23.2. The molecule has 184 valence electrons. The Kier molecular flexibility index (Phi) is 21.3. The van der Waals surface area contributed by atoms with Crippen molar-refractivity contribution < 1.29 is 14.7 Å². The van der Waals surface area contributed by atoms with E-state index in [9.17, 15) is 14.7 Å². The van der Waals surface area contributed by atoms with Crippen molar-refractivity contribution in [2.45, 2.75) is 117 Å². The van der Waals surface area contributed by atoms with Crippen LogP contribution < -0.4 is 10.6 Å². The zero-order valence-electron chi connectivity index (χ0n) is 20.7. The minimum Gasteiger partial charge on any atom is -0.392 e. The molecule has 0 rings (SSSR count). The Bertz CT molecular complexity index is 396. The van der Waals surface area contributed by atoms with Crippen molar-refractivity contribution in [1.82, 2.24) is 15.5 Å². The minimum absolute atomic E-state index is 0.149. The van der Waals surface area contributed by atoms with E-state index >= 15 is 0 Å². The Labute approximate surface area is 191 Å². The Hall–Kier alpha value is -1.14. The second-order valence-corrected chi connectivity index (χ2v) is 8.89. The van der Waals surface area contributed by atoms with Crippen LogP contribution in [0.2, 0.25) is 0 Å². The number of hydrogen-bond acceptors (Lipinski definition) is 4. The maximum absolute atomic E-state index is 11.9. The molecule has 1 atom stereocenters. The Balaban J connectivity index is 3.83. The van der Waals surface area contributed by atoms with Crippen molar-refractivity contribution in [3.63, 3.8) is 0 Å². The van der Waals surface area contributed by atoms with E-state index in [1.807, 2.05) is 0 Å². The molecular weight excluding hydrogens is 390 g/mol. The van der Waals surface area contributed by atoms with E-state index < -0.39 is 0 Å². The monoisotopic (exact) mass is 441 g/mol. The molecule has 0 aliphatic rings. The van der Waals surface area contributed by atoms with Gasteiger partial charge in [-0.25, -0.2) is 0 Å². The molecule has 0 radical (unpaired) electrons. The molecule has 0 aromatic carbocycles. The average molecular weight is 442 g/mol. The molecular formula is C25H51N3O3. The van der Waals surface area contributed by atoms with Gasteiger partial charge in [-0.3, -0.25) is 9.59 Å². The van der Waals surface area contributed by atoms with Crippen LogP contribution in [0.1, 0.15) is 111 Å². The number of rotatable bonds is 22. The van der Waals surface area contributed by atoms with Gasteiger partial charge in [0, 0.05) is 32.5 Å². The fraction of sp³-hybridized carbons (Fsp3) is 0.920. The van der Waals surface area contributed by atoms with Gasteiger partial charge in [-0.2, -0.15) is 0 Å². The summed E-state index contributed by atoms with van der Waals surface area (Å²) in [4.78, 5) is 26.0. The molecule has 0 bridgehead atoms. The van der Waals surface area contributed by atoms with Gasteiger partial charge in [-0.15, -0.1) is 0 Å². The van der Waals surface area contributed by atoms with Gasteiger partial charge in [0.25, 0.3) is 0 Å². The molecule has 6 nitrogen and oxygen atoms in total. The smallest absolute Gasteiger partial charge is 0.219 e. The first-order valence-electron chi connectivity index (χ1n) is 12.9. The third-order valence-electron chi connectivity index (χ3n) is 5.48. The summed E-state index contributed by atoms with van der Waals surface area (Å²) in [6.07, 6.45) is 14.2. The van der Waals surface area contributed by atoms with Crippen LogP contribution >= 0.6 is 0 Å². The van der Waals surface area contributed by atoms with Gasteiger partial charge in [0.15, 0.2) is 0 Å². The van der Waals surface area contributed by atoms with Crippen molar-refractivity contribution in [2.24, 2.45) is 0 Å². The van der Waals surface area contributed by atoms with E-state index in [1.54, 1.807) is 6.92 Å². The summed E-state index contributed by atoms with van der Waals surface area (Å²) in [7, 11) is 0. The lowest BCUT2D eigenvalue weighted by atomic mass is 10.1. The van der Waals surface area contributed by atoms with E-state index in [2.05, 4.69) is 29.4 Å². The summed E-state index contributed by atoms with van der Waals surface area (Å²) < 4.78 is 0. The minimum atomic E-state index is -0.379. The predicted octanol–water partition coefficient (Wildman–Crippen LogP) is 4.40. The predicted molar refractivity (Wildman–Crippen MR) is 130 cm³/mol. The molecule has 0 spiro atoms. The van der Waals surface area contributed by atoms with Crippen LogP contribution in [0.15, 0.2) is 0 Å². The van der Waals surface area contributed by atoms with Crippen molar-refractivity contribution in [3.8, 4) is 0 Å². The largest absolute Gasteiger partial charge is 0.392 e. The normalized spacial score (nSPS) is 12.2.